The predicted molar refractivity (Wildman–Crippen MR) is 80.4 cm³/mol. The molecule has 1 heterocycles. The van der Waals surface area contributed by atoms with E-state index in [0.717, 1.165) is 35.4 Å². The molecule has 0 amide bonds. The first-order valence-corrected chi connectivity index (χ1v) is 7.37. The van der Waals surface area contributed by atoms with Crippen molar-refractivity contribution in [1.29, 1.82) is 0 Å². The zero-order valence-corrected chi connectivity index (χ0v) is 11.8. The third kappa shape index (κ3) is 2.90. The van der Waals surface area contributed by atoms with Gasteiger partial charge in [0.25, 0.3) is 5.56 Å². The fourth-order valence-electron chi connectivity index (χ4n) is 2.25. The molecule has 0 saturated carbocycles. The lowest BCUT2D eigenvalue weighted by Crippen LogP contribution is -2.09. The van der Waals surface area contributed by atoms with Crippen molar-refractivity contribution in [2.75, 3.05) is 5.75 Å². The summed E-state index contributed by atoms with van der Waals surface area (Å²) in [4.78, 5) is 29.7. The highest BCUT2D eigenvalue weighted by molar-refractivity contribution is 7.99. The molecule has 2 N–H and O–H groups in total. The van der Waals surface area contributed by atoms with Crippen molar-refractivity contribution in [1.82, 2.24) is 9.97 Å². The maximum absolute atomic E-state index is 12.3. The molecule has 0 bridgehead atoms. The molecule has 3 rings (SSSR count). The molecule has 106 valence electrons. The number of H-pyrrole nitrogens is 1. The first kappa shape index (κ1) is 13.6. The Kier molecular flexibility index (Phi) is 3.62. The lowest BCUT2D eigenvalue weighted by atomic mass is 10.0. The van der Waals surface area contributed by atoms with E-state index >= 15 is 0 Å². The maximum Gasteiger partial charge on any atom is 0.255 e. The van der Waals surface area contributed by atoms with Crippen LogP contribution in [0.5, 0.6) is 5.88 Å². The number of carbonyl (C=O) groups excluding carboxylic acids is 1. The number of nitrogens with zero attached hydrogens (tertiary/aromatic N) is 1. The topological polar surface area (TPSA) is 83.0 Å². The highest BCUT2D eigenvalue weighted by Gasteiger charge is 2.19. The van der Waals surface area contributed by atoms with Crippen molar-refractivity contribution >= 4 is 23.1 Å². The summed E-state index contributed by atoms with van der Waals surface area (Å²) in [7, 11) is 0. The molecule has 21 heavy (non-hydrogen) atoms. The van der Waals surface area contributed by atoms with Crippen LogP contribution in [0.15, 0.2) is 46.4 Å². The molecule has 0 aliphatic heterocycles. The van der Waals surface area contributed by atoms with E-state index in [9.17, 15) is 14.7 Å². The number of Topliss-reactive ketones (excluding diaryl/α,β-unsaturated/α-hetero) is 1. The van der Waals surface area contributed by atoms with E-state index in [0.29, 0.717) is 5.57 Å². The number of allylic oxidation sites excluding steroid dienone is 2. The van der Waals surface area contributed by atoms with Crippen LogP contribution in [0.4, 0.5) is 0 Å². The summed E-state index contributed by atoms with van der Waals surface area (Å²) in [5.74, 6) is -0.206. The molecule has 0 spiro atoms. The van der Waals surface area contributed by atoms with Crippen molar-refractivity contribution in [3.8, 4) is 5.88 Å². The van der Waals surface area contributed by atoms with Gasteiger partial charge in [-0.15, -0.1) is 0 Å². The molecule has 5 nitrogen and oxygen atoms in total. The lowest BCUT2D eigenvalue weighted by molar-refractivity contribution is -0.111. The van der Waals surface area contributed by atoms with E-state index in [1.165, 1.54) is 0 Å². The van der Waals surface area contributed by atoms with Gasteiger partial charge in [-0.2, -0.15) is 4.98 Å². The standard InChI is InChI=1S/C15H12N2O3S/c18-12(8-21-15-16-13(19)7-14(20)17-15)11-6-5-9-3-1-2-4-10(9)11/h1-4,6-7H,5,8H2,(H2,16,17,19,20). The first-order valence-electron chi connectivity index (χ1n) is 6.38. The molecule has 6 heteroatoms. The quantitative estimate of drug-likeness (QED) is 0.664. The Morgan fingerprint density at radius 3 is 3.00 bits per heavy atom. The van der Waals surface area contributed by atoms with Gasteiger partial charge >= 0.3 is 0 Å². The van der Waals surface area contributed by atoms with Crippen LogP contribution < -0.4 is 5.56 Å². The first-order chi connectivity index (χ1) is 10.1. The average molecular weight is 300 g/mol. The van der Waals surface area contributed by atoms with Gasteiger partial charge in [-0.3, -0.25) is 9.59 Å². The fraction of sp³-hybridized carbons (Fsp3) is 0.133. The minimum atomic E-state index is -0.442. The van der Waals surface area contributed by atoms with Gasteiger partial charge in [-0.25, -0.2) is 0 Å². The van der Waals surface area contributed by atoms with Crippen LogP contribution in [0.25, 0.3) is 5.57 Å². The van der Waals surface area contributed by atoms with Gasteiger partial charge in [0.1, 0.15) is 0 Å². The SMILES string of the molecule is O=C(CSc1nc(O)cc(=O)[nH]1)C1=CCc2ccccc21. The Hall–Kier alpha value is -2.34. The normalized spacial score (nSPS) is 12.9. The molecule has 0 saturated heterocycles. The number of hydrogen-bond donors (Lipinski definition) is 2. The van der Waals surface area contributed by atoms with Crippen LogP contribution in [0, 0.1) is 0 Å². The van der Waals surface area contributed by atoms with Crippen LogP contribution in [0.3, 0.4) is 0 Å². The van der Waals surface area contributed by atoms with Gasteiger partial charge in [-0.1, -0.05) is 42.1 Å². The van der Waals surface area contributed by atoms with Crippen LogP contribution in [-0.4, -0.2) is 26.6 Å². The van der Waals surface area contributed by atoms with Crippen molar-refractivity contribution < 1.29 is 9.90 Å². The second kappa shape index (κ2) is 5.57. The summed E-state index contributed by atoms with van der Waals surface area (Å²) in [5.41, 5.74) is 2.39. The summed E-state index contributed by atoms with van der Waals surface area (Å²) >= 11 is 1.10. The van der Waals surface area contributed by atoms with E-state index in [-0.39, 0.29) is 22.6 Å². The summed E-state index contributed by atoms with van der Waals surface area (Å²) < 4.78 is 0. The average Bonchev–Trinajstić information content (AvgIpc) is 2.88. The second-order valence-electron chi connectivity index (χ2n) is 4.60. The molecule has 0 radical (unpaired) electrons. The molecule has 1 aliphatic rings. The molecule has 2 aromatic rings. The van der Waals surface area contributed by atoms with Crippen molar-refractivity contribution in [2.45, 2.75) is 11.6 Å². The minimum absolute atomic E-state index is 0.0176. The number of carbonyl (C=O) groups is 1. The molecule has 0 atom stereocenters. The number of aromatic amines is 1. The number of thioether (sulfide) groups is 1. The van der Waals surface area contributed by atoms with Crippen LogP contribution in [0.1, 0.15) is 11.1 Å². The minimum Gasteiger partial charge on any atom is -0.493 e. The molecule has 1 aliphatic carbocycles. The number of nitrogens with one attached hydrogen (secondary N) is 1. The van der Waals surface area contributed by atoms with Crippen molar-refractivity contribution in [2.24, 2.45) is 0 Å². The summed E-state index contributed by atoms with van der Waals surface area (Å²) in [6.45, 7) is 0. The zero-order chi connectivity index (χ0) is 14.8. The van der Waals surface area contributed by atoms with Gasteiger partial charge in [0.15, 0.2) is 10.9 Å². The highest BCUT2D eigenvalue weighted by atomic mass is 32.2. The number of ketones is 1. The third-order valence-corrected chi connectivity index (χ3v) is 4.05. The highest BCUT2D eigenvalue weighted by Crippen LogP contribution is 2.29. The van der Waals surface area contributed by atoms with Crippen LogP contribution in [-0.2, 0) is 11.2 Å². The number of fused-ring (bicyclic) bond motifs is 1. The number of aromatic hydroxyl groups is 1. The number of rotatable bonds is 4. The third-order valence-electron chi connectivity index (χ3n) is 3.18. The Balaban J connectivity index is 1.72. The number of hydrogen-bond acceptors (Lipinski definition) is 5. The zero-order valence-electron chi connectivity index (χ0n) is 11.0. The Morgan fingerprint density at radius 1 is 1.38 bits per heavy atom. The van der Waals surface area contributed by atoms with E-state index in [1.54, 1.807) is 0 Å². The number of aromatic nitrogens is 2. The van der Waals surface area contributed by atoms with Gasteiger partial charge in [0.05, 0.1) is 11.8 Å². The monoisotopic (exact) mass is 300 g/mol. The van der Waals surface area contributed by atoms with Gasteiger partial charge in [0.2, 0.25) is 5.88 Å². The van der Waals surface area contributed by atoms with Gasteiger partial charge in [0, 0.05) is 5.57 Å². The molecular formula is C15H12N2O3S. The van der Waals surface area contributed by atoms with Gasteiger partial charge in [-0.05, 0) is 17.5 Å². The Bertz CT molecular complexity index is 796. The molecule has 1 aromatic heterocycles. The Morgan fingerprint density at radius 2 is 2.19 bits per heavy atom. The van der Waals surface area contributed by atoms with E-state index in [2.05, 4.69) is 9.97 Å². The van der Waals surface area contributed by atoms with E-state index in [4.69, 9.17) is 0 Å². The fourth-order valence-corrected chi connectivity index (χ4v) is 3.00. The molecular weight excluding hydrogens is 288 g/mol. The maximum atomic E-state index is 12.3. The van der Waals surface area contributed by atoms with Crippen molar-refractivity contribution in [3.63, 3.8) is 0 Å². The van der Waals surface area contributed by atoms with Crippen LogP contribution >= 0.6 is 11.8 Å². The van der Waals surface area contributed by atoms with Gasteiger partial charge < -0.3 is 10.1 Å². The lowest BCUT2D eigenvalue weighted by Gasteiger charge is -2.04. The van der Waals surface area contributed by atoms with E-state index in [1.807, 2.05) is 30.3 Å². The largest absolute Gasteiger partial charge is 0.493 e. The molecule has 1 aromatic carbocycles. The smallest absolute Gasteiger partial charge is 0.255 e. The van der Waals surface area contributed by atoms with E-state index < -0.39 is 5.56 Å². The molecule has 0 unspecified atom stereocenters. The molecule has 0 fully saturated rings. The summed E-state index contributed by atoms with van der Waals surface area (Å²) in [5, 5.41) is 9.50. The second-order valence-corrected chi connectivity index (χ2v) is 5.56. The summed E-state index contributed by atoms with van der Waals surface area (Å²) in [6.07, 6.45) is 2.69. The summed E-state index contributed by atoms with van der Waals surface area (Å²) in [6, 6.07) is 8.79. The van der Waals surface area contributed by atoms with Crippen molar-refractivity contribution in [3.05, 3.63) is 57.9 Å². The predicted octanol–water partition coefficient (Wildman–Crippen LogP) is 1.78. The number of benzene rings is 1. The Labute approximate surface area is 124 Å². The van der Waals surface area contributed by atoms with Crippen LogP contribution in [0.2, 0.25) is 0 Å².